The minimum Gasteiger partial charge on any atom is -0.350 e. The molecule has 5 rings (SSSR count). The number of hydrogen-bond acceptors (Lipinski definition) is 3. The number of hydrogen-bond donors (Lipinski definition) is 0. The van der Waals surface area contributed by atoms with Gasteiger partial charge in [-0.2, -0.15) is 0 Å². The van der Waals surface area contributed by atoms with Crippen molar-refractivity contribution in [3.63, 3.8) is 0 Å². The Balaban J connectivity index is 1.55. The first kappa shape index (κ1) is 21.4. The monoisotopic (exact) mass is 436 g/mol. The van der Waals surface area contributed by atoms with Crippen LogP contribution in [0.25, 0.3) is 0 Å². The fourth-order valence-corrected chi connectivity index (χ4v) is 4.59. The average Bonchev–Trinajstić information content (AvgIpc) is 3.57. The average molecular weight is 437 g/mol. The summed E-state index contributed by atoms with van der Waals surface area (Å²) in [4.78, 5) is 4.78. The van der Waals surface area contributed by atoms with Crippen molar-refractivity contribution in [2.24, 2.45) is 0 Å². The largest absolute Gasteiger partial charge is 0.350 e. The van der Waals surface area contributed by atoms with Gasteiger partial charge in [-0.25, -0.2) is 4.98 Å². The summed E-state index contributed by atoms with van der Waals surface area (Å²) in [5.41, 5.74) is 4.07. The van der Waals surface area contributed by atoms with E-state index < -0.39 is 5.54 Å². The SMILES string of the molecule is C(=CCC1OCCO1)Cc1cn(C(c2ccccc2)(c2ccccc2)c2ccccc2)cn1. The number of aromatic nitrogens is 2. The van der Waals surface area contributed by atoms with Crippen LogP contribution in [0, 0.1) is 0 Å². The molecule has 4 nitrogen and oxygen atoms in total. The van der Waals surface area contributed by atoms with Gasteiger partial charge in [0.2, 0.25) is 0 Å². The molecule has 4 heteroatoms. The van der Waals surface area contributed by atoms with Crippen molar-refractivity contribution >= 4 is 0 Å². The van der Waals surface area contributed by atoms with Gasteiger partial charge in [-0.05, 0) is 16.7 Å². The number of imidazole rings is 1. The molecular formula is C29H28N2O2. The highest BCUT2D eigenvalue weighted by Gasteiger charge is 2.38. The van der Waals surface area contributed by atoms with E-state index in [9.17, 15) is 0 Å². The molecule has 4 aromatic rings. The predicted molar refractivity (Wildman–Crippen MR) is 130 cm³/mol. The molecule has 0 spiro atoms. The van der Waals surface area contributed by atoms with Crippen molar-refractivity contribution in [1.82, 2.24) is 9.55 Å². The standard InChI is InChI=1S/C29H28N2O2/c1-4-12-24(13-5-1)29(25-14-6-2-7-15-25,26-16-8-3-9-17-26)31-22-27(30-23-31)18-10-11-19-28-32-20-21-33-28/h1-17,22-23,28H,18-21H2. The second-order valence-corrected chi connectivity index (χ2v) is 8.16. The molecule has 0 saturated carbocycles. The van der Waals surface area contributed by atoms with Crippen LogP contribution in [0.5, 0.6) is 0 Å². The molecule has 1 saturated heterocycles. The van der Waals surface area contributed by atoms with E-state index in [4.69, 9.17) is 14.5 Å². The number of nitrogens with zero attached hydrogens (tertiary/aromatic N) is 2. The molecule has 0 amide bonds. The van der Waals surface area contributed by atoms with Gasteiger partial charge in [0, 0.05) is 19.0 Å². The number of ether oxygens (including phenoxy) is 2. The lowest BCUT2D eigenvalue weighted by Gasteiger charge is -2.37. The number of rotatable bonds is 8. The summed E-state index contributed by atoms with van der Waals surface area (Å²) < 4.78 is 13.3. The zero-order valence-electron chi connectivity index (χ0n) is 18.6. The van der Waals surface area contributed by atoms with E-state index in [0.29, 0.717) is 13.2 Å². The Bertz CT molecular complexity index is 1070. The van der Waals surface area contributed by atoms with Crippen molar-refractivity contribution < 1.29 is 9.47 Å². The molecule has 2 heterocycles. The molecule has 0 atom stereocenters. The Labute approximate surface area is 195 Å². The third-order valence-corrected chi connectivity index (χ3v) is 6.11. The lowest BCUT2D eigenvalue weighted by Crippen LogP contribution is -2.36. The highest BCUT2D eigenvalue weighted by atomic mass is 16.7. The zero-order chi connectivity index (χ0) is 22.3. The van der Waals surface area contributed by atoms with E-state index in [-0.39, 0.29) is 6.29 Å². The third-order valence-electron chi connectivity index (χ3n) is 6.11. The first-order valence-corrected chi connectivity index (χ1v) is 11.5. The van der Waals surface area contributed by atoms with Gasteiger partial charge in [-0.15, -0.1) is 0 Å². The van der Waals surface area contributed by atoms with E-state index in [1.165, 1.54) is 16.7 Å². The summed E-state index contributed by atoms with van der Waals surface area (Å²) in [5, 5.41) is 0. The van der Waals surface area contributed by atoms with Gasteiger partial charge in [0.15, 0.2) is 6.29 Å². The van der Waals surface area contributed by atoms with E-state index in [2.05, 4.69) is 114 Å². The van der Waals surface area contributed by atoms with Crippen LogP contribution in [0.3, 0.4) is 0 Å². The van der Waals surface area contributed by atoms with Crippen LogP contribution in [0.15, 0.2) is 116 Å². The quantitative estimate of drug-likeness (QED) is 0.267. The Hall–Kier alpha value is -3.47. The van der Waals surface area contributed by atoms with Crippen LogP contribution in [0.1, 0.15) is 28.8 Å². The summed E-state index contributed by atoms with van der Waals surface area (Å²) in [5.74, 6) is 0. The fourth-order valence-electron chi connectivity index (χ4n) is 4.59. The van der Waals surface area contributed by atoms with Gasteiger partial charge in [0.05, 0.1) is 25.2 Å². The van der Waals surface area contributed by atoms with Gasteiger partial charge < -0.3 is 14.0 Å². The molecule has 1 aliphatic heterocycles. The molecular weight excluding hydrogens is 408 g/mol. The van der Waals surface area contributed by atoms with Crippen LogP contribution in [-0.2, 0) is 21.4 Å². The summed E-state index contributed by atoms with van der Waals surface area (Å²) in [6, 6.07) is 32.0. The van der Waals surface area contributed by atoms with Crippen LogP contribution in [-0.4, -0.2) is 29.1 Å². The maximum Gasteiger partial charge on any atom is 0.161 e. The van der Waals surface area contributed by atoms with Crippen molar-refractivity contribution in [3.05, 3.63) is 138 Å². The molecule has 1 aromatic heterocycles. The van der Waals surface area contributed by atoms with Crippen LogP contribution >= 0.6 is 0 Å². The Morgan fingerprint density at radius 3 is 1.79 bits per heavy atom. The predicted octanol–water partition coefficient (Wildman–Crippen LogP) is 5.59. The van der Waals surface area contributed by atoms with Gasteiger partial charge in [-0.1, -0.05) is 103 Å². The summed E-state index contributed by atoms with van der Waals surface area (Å²) >= 11 is 0. The molecule has 0 radical (unpaired) electrons. The molecule has 0 aliphatic carbocycles. The van der Waals surface area contributed by atoms with Gasteiger partial charge in [-0.3, -0.25) is 0 Å². The molecule has 33 heavy (non-hydrogen) atoms. The van der Waals surface area contributed by atoms with Gasteiger partial charge in [0.1, 0.15) is 5.54 Å². The van der Waals surface area contributed by atoms with E-state index in [1.807, 2.05) is 6.33 Å². The highest BCUT2D eigenvalue weighted by molar-refractivity contribution is 5.50. The molecule has 1 fully saturated rings. The van der Waals surface area contributed by atoms with Gasteiger partial charge >= 0.3 is 0 Å². The first-order chi connectivity index (χ1) is 16.4. The minimum atomic E-state index is -0.524. The smallest absolute Gasteiger partial charge is 0.161 e. The molecule has 3 aromatic carbocycles. The lowest BCUT2D eigenvalue weighted by molar-refractivity contribution is -0.0380. The third kappa shape index (κ3) is 4.40. The molecule has 1 aliphatic rings. The van der Waals surface area contributed by atoms with Crippen molar-refractivity contribution in [2.75, 3.05) is 13.2 Å². The second kappa shape index (κ2) is 9.99. The number of benzene rings is 3. The Kier molecular flexibility index (Phi) is 6.47. The van der Waals surface area contributed by atoms with Crippen LogP contribution < -0.4 is 0 Å². The maximum atomic E-state index is 5.51. The lowest BCUT2D eigenvalue weighted by atomic mass is 9.77. The number of allylic oxidation sites excluding steroid dienone is 1. The Morgan fingerprint density at radius 2 is 1.27 bits per heavy atom. The van der Waals surface area contributed by atoms with Crippen LogP contribution in [0.2, 0.25) is 0 Å². The van der Waals surface area contributed by atoms with Crippen molar-refractivity contribution in [1.29, 1.82) is 0 Å². The minimum absolute atomic E-state index is 0.110. The topological polar surface area (TPSA) is 36.3 Å². The van der Waals surface area contributed by atoms with E-state index in [0.717, 1.165) is 18.5 Å². The van der Waals surface area contributed by atoms with Crippen LogP contribution in [0.4, 0.5) is 0 Å². The maximum absolute atomic E-state index is 5.51. The van der Waals surface area contributed by atoms with Gasteiger partial charge in [0.25, 0.3) is 0 Å². The Morgan fingerprint density at radius 1 is 0.758 bits per heavy atom. The highest BCUT2D eigenvalue weighted by Crippen LogP contribution is 2.40. The van der Waals surface area contributed by atoms with E-state index in [1.54, 1.807) is 0 Å². The molecule has 0 unspecified atom stereocenters. The molecule has 0 bridgehead atoms. The van der Waals surface area contributed by atoms with Crippen molar-refractivity contribution in [2.45, 2.75) is 24.7 Å². The second-order valence-electron chi connectivity index (χ2n) is 8.16. The van der Waals surface area contributed by atoms with Crippen molar-refractivity contribution in [3.8, 4) is 0 Å². The fraction of sp³-hybridized carbons (Fsp3) is 0.207. The summed E-state index contributed by atoms with van der Waals surface area (Å²) in [7, 11) is 0. The first-order valence-electron chi connectivity index (χ1n) is 11.5. The normalized spacial score (nSPS) is 14.8. The molecule has 0 N–H and O–H groups in total. The summed E-state index contributed by atoms with van der Waals surface area (Å²) in [6.07, 6.45) is 9.80. The van der Waals surface area contributed by atoms with E-state index >= 15 is 0 Å². The molecule has 166 valence electrons. The zero-order valence-corrected chi connectivity index (χ0v) is 18.6. The summed E-state index contributed by atoms with van der Waals surface area (Å²) in [6.45, 7) is 1.37.